The van der Waals surface area contributed by atoms with E-state index in [2.05, 4.69) is 4.90 Å². The summed E-state index contributed by atoms with van der Waals surface area (Å²) in [6.45, 7) is 2.24. The van der Waals surface area contributed by atoms with Crippen LogP contribution >= 0.6 is 11.3 Å². The largest absolute Gasteiger partial charge is 0.387 e. The first-order valence-electron chi connectivity index (χ1n) is 8.28. The Bertz CT molecular complexity index is 721. The summed E-state index contributed by atoms with van der Waals surface area (Å²) in [6.07, 6.45) is 1.43. The van der Waals surface area contributed by atoms with Gasteiger partial charge in [0.1, 0.15) is 0 Å². The van der Waals surface area contributed by atoms with Crippen LogP contribution in [-0.4, -0.2) is 43.8 Å². The molecule has 1 aromatic carbocycles. The molecule has 130 valence electrons. The zero-order valence-electron chi connectivity index (χ0n) is 13.5. The van der Waals surface area contributed by atoms with E-state index in [0.29, 0.717) is 11.4 Å². The molecule has 0 spiro atoms. The van der Waals surface area contributed by atoms with Crippen LogP contribution < -0.4 is 0 Å². The molecule has 1 atom stereocenters. The first-order valence-corrected chi connectivity index (χ1v) is 10.8. The summed E-state index contributed by atoms with van der Waals surface area (Å²) >= 11 is 1.59. The third kappa shape index (κ3) is 4.25. The molecule has 2 heterocycles. The van der Waals surface area contributed by atoms with Gasteiger partial charge in [0, 0.05) is 11.4 Å². The number of likely N-dealkylation sites (tertiary alicyclic amines) is 1. The van der Waals surface area contributed by atoms with Crippen molar-refractivity contribution in [1.82, 2.24) is 4.90 Å². The fraction of sp³-hybridized carbons (Fsp3) is 0.444. The summed E-state index contributed by atoms with van der Waals surface area (Å²) in [4.78, 5) is 3.62. The lowest BCUT2D eigenvalue weighted by molar-refractivity contribution is 0.0630. The Morgan fingerprint density at radius 3 is 2.46 bits per heavy atom. The summed E-state index contributed by atoms with van der Waals surface area (Å²) in [5.74, 6) is 0.417. The molecule has 0 aliphatic carbocycles. The van der Waals surface area contributed by atoms with Gasteiger partial charge in [0.25, 0.3) is 0 Å². The van der Waals surface area contributed by atoms with E-state index in [0.717, 1.165) is 30.8 Å². The molecule has 1 aliphatic rings. The number of aliphatic hydroxyl groups excluding tert-OH is 1. The predicted octanol–water partition coefficient (Wildman–Crippen LogP) is 2.97. The van der Waals surface area contributed by atoms with E-state index in [9.17, 15) is 13.5 Å². The number of nitrogens with zero attached hydrogens (tertiary/aromatic N) is 1. The van der Waals surface area contributed by atoms with Crippen molar-refractivity contribution in [1.29, 1.82) is 0 Å². The molecule has 1 N–H and O–H groups in total. The third-order valence-corrected chi connectivity index (χ3v) is 7.35. The standard InChI is InChI=1S/C18H23NO3S2/c20-18(17-7-4-13-23-17)15-8-10-19(11-9-15)12-14-24(21,22)16-5-2-1-3-6-16/h1-7,13,15,18,20H,8-12,14H2. The van der Waals surface area contributed by atoms with Crippen LogP contribution in [0.5, 0.6) is 0 Å². The summed E-state index contributed by atoms with van der Waals surface area (Å²) in [5, 5.41) is 12.4. The smallest absolute Gasteiger partial charge is 0.179 e. The minimum absolute atomic E-state index is 0.148. The van der Waals surface area contributed by atoms with Crippen molar-refractivity contribution in [3.05, 3.63) is 52.7 Å². The van der Waals surface area contributed by atoms with Crippen LogP contribution in [0, 0.1) is 5.92 Å². The SMILES string of the molecule is O=S(=O)(CCN1CCC(C(O)c2cccs2)CC1)c1ccccc1. The number of thiophene rings is 1. The van der Waals surface area contributed by atoms with Crippen molar-refractivity contribution in [2.75, 3.05) is 25.4 Å². The van der Waals surface area contributed by atoms with Gasteiger partial charge in [0.2, 0.25) is 0 Å². The Morgan fingerprint density at radius 2 is 1.83 bits per heavy atom. The lowest BCUT2D eigenvalue weighted by Gasteiger charge is -2.33. The van der Waals surface area contributed by atoms with Crippen LogP contribution in [0.3, 0.4) is 0 Å². The van der Waals surface area contributed by atoms with Crippen molar-refractivity contribution < 1.29 is 13.5 Å². The second-order valence-corrected chi connectivity index (χ2v) is 9.36. The molecular formula is C18H23NO3S2. The highest BCUT2D eigenvalue weighted by molar-refractivity contribution is 7.91. The van der Waals surface area contributed by atoms with Crippen LogP contribution in [-0.2, 0) is 9.84 Å². The van der Waals surface area contributed by atoms with E-state index in [1.54, 1.807) is 35.6 Å². The quantitative estimate of drug-likeness (QED) is 0.855. The zero-order valence-corrected chi connectivity index (χ0v) is 15.2. The van der Waals surface area contributed by atoms with Crippen molar-refractivity contribution in [3.8, 4) is 0 Å². The molecule has 0 radical (unpaired) electrons. The molecule has 1 saturated heterocycles. The fourth-order valence-corrected chi connectivity index (χ4v) is 5.29. The molecule has 2 aromatic rings. The van der Waals surface area contributed by atoms with Gasteiger partial charge in [-0.05, 0) is 55.4 Å². The van der Waals surface area contributed by atoms with E-state index in [-0.39, 0.29) is 17.8 Å². The highest BCUT2D eigenvalue weighted by Crippen LogP contribution is 2.32. The van der Waals surface area contributed by atoms with Gasteiger partial charge in [0.15, 0.2) is 9.84 Å². The number of sulfone groups is 1. The van der Waals surface area contributed by atoms with Crippen molar-refractivity contribution in [2.45, 2.75) is 23.8 Å². The molecular weight excluding hydrogens is 342 g/mol. The van der Waals surface area contributed by atoms with Gasteiger partial charge in [-0.2, -0.15) is 0 Å². The maximum absolute atomic E-state index is 12.3. The summed E-state index contributed by atoms with van der Waals surface area (Å²) in [5.41, 5.74) is 0. The van der Waals surface area contributed by atoms with Gasteiger partial charge in [-0.3, -0.25) is 0 Å². The highest BCUT2D eigenvalue weighted by atomic mass is 32.2. The number of piperidine rings is 1. The number of hydrogen-bond acceptors (Lipinski definition) is 5. The second-order valence-electron chi connectivity index (χ2n) is 6.27. The van der Waals surface area contributed by atoms with Gasteiger partial charge in [-0.25, -0.2) is 8.42 Å². The van der Waals surface area contributed by atoms with E-state index >= 15 is 0 Å². The van der Waals surface area contributed by atoms with Gasteiger partial charge in [0.05, 0.1) is 16.8 Å². The normalized spacial score (nSPS) is 18.5. The van der Waals surface area contributed by atoms with E-state index in [1.165, 1.54) is 0 Å². The average Bonchev–Trinajstić information content (AvgIpc) is 3.15. The maximum atomic E-state index is 12.3. The monoisotopic (exact) mass is 365 g/mol. The van der Waals surface area contributed by atoms with Crippen LogP contribution in [0.4, 0.5) is 0 Å². The lowest BCUT2D eigenvalue weighted by atomic mass is 9.90. The highest BCUT2D eigenvalue weighted by Gasteiger charge is 2.27. The summed E-state index contributed by atoms with van der Waals surface area (Å²) in [7, 11) is -3.21. The molecule has 0 amide bonds. The Kier molecular flexibility index (Phi) is 5.71. The molecule has 4 nitrogen and oxygen atoms in total. The molecule has 1 aromatic heterocycles. The molecule has 6 heteroatoms. The van der Waals surface area contributed by atoms with Crippen molar-refractivity contribution >= 4 is 21.2 Å². The molecule has 0 saturated carbocycles. The topological polar surface area (TPSA) is 57.6 Å². The van der Waals surface area contributed by atoms with Crippen molar-refractivity contribution in [3.63, 3.8) is 0 Å². The second kappa shape index (κ2) is 7.78. The van der Waals surface area contributed by atoms with E-state index < -0.39 is 9.84 Å². The maximum Gasteiger partial charge on any atom is 0.179 e. The molecule has 1 fully saturated rings. The first kappa shape index (κ1) is 17.6. The molecule has 3 rings (SSSR count). The lowest BCUT2D eigenvalue weighted by Crippen LogP contribution is -2.38. The third-order valence-electron chi connectivity index (χ3n) is 4.69. The average molecular weight is 366 g/mol. The molecule has 1 unspecified atom stereocenters. The van der Waals surface area contributed by atoms with E-state index in [4.69, 9.17) is 0 Å². The van der Waals surface area contributed by atoms with Crippen LogP contribution in [0.25, 0.3) is 0 Å². The van der Waals surface area contributed by atoms with Crippen molar-refractivity contribution in [2.24, 2.45) is 5.92 Å². The van der Waals surface area contributed by atoms with E-state index in [1.807, 2.05) is 23.6 Å². The molecule has 1 aliphatic heterocycles. The fourth-order valence-electron chi connectivity index (χ4n) is 3.18. The van der Waals surface area contributed by atoms with Crippen LogP contribution in [0.2, 0.25) is 0 Å². The Morgan fingerprint density at radius 1 is 1.12 bits per heavy atom. The predicted molar refractivity (Wildman–Crippen MR) is 96.9 cm³/mol. The number of aliphatic hydroxyl groups is 1. The first-order chi connectivity index (χ1) is 11.6. The van der Waals surface area contributed by atoms with Gasteiger partial charge < -0.3 is 10.0 Å². The molecule has 0 bridgehead atoms. The number of rotatable bonds is 6. The number of hydrogen-bond donors (Lipinski definition) is 1. The summed E-state index contributed by atoms with van der Waals surface area (Å²) < 4.78 is 24.7. The summed E-state index contributed by atoms with van der Waals surface area (Å²) in [6, 6.07) is 12.6. The van der Waals surface area contributed by atoms with Gasteiger partial charge in [-0.1, -0.05) is 24.3 Å². The van der Waals surface area contributed by atoms with Gasteiger partial charge >= 0.3 is 0 Å². The van der Waals surface area contributed by atoms with Gasteiger partial charge in [-0.15, -0.1) is 11.3 Å². The Hall–Kier alpha value is -1.21. The van der Waals surface area contributed by atoms with Crippen LogP contribution in [0.1, 0.15) is 23.8 Å². The Balaban J connectivity index is 1.49. The zero-order chi connectivity index (χ0) is 17.0. The minimum atomic E-state index is -3.21. The minimum Gasteiger partial charge on any atom is -0.387 e. The molecule has 24 heavy (non-hydrogen) atoms. The number of benzene rings is 1. The van der Waals surface area contributed by atoms with Crippen LogP contribution in [0.15, 0.2) is 52.7 Å². The Labute approximate surface area is 147 Å².